The number of morpholine rings is 1. The van der Waals surface area contributed by atoms with Gasteiger partial charge in [-0.2, -0.15) is 0 Å². The van der Waals surface area contributed by atoms with Crippen molar-refractivity contribution < 1.29 is 17.9 Å². The summed E-state index contributed by atoms with van der Waals surface area (Å²) in [6.07, 6.45) is 0.172. The number of nitrogens with two attached hydrogens (primary N) is 1. The third-order valence-electron chi connectivity index (χ3n) is 3.83. The summed E-state index contributed by atoms with van der Waals surface area (Å²) in [6, 6.07) is 5.48. The molecule has 1 fully saturated rings. The van der Waals surface area contributed by atoms with Crippen LogP contribution in [-0.2, 0) is 19.6 Å². The van der Waals surface area contributed by atoms with Gasteiger partial charge < -0.3 is 10.1 Å². The molecule has 3 atom stereocenters. The zero-order valence-corrected chi connectivity index (χ0v) is 14.3. The van der Waals surface area contributed by atoms with E-state index >= 15 is 0 Å². The molecule has 3 unspecified atom stereocenters. The van der Waals surface area contributed by atoms with Crippen molar-refractivity contribution in [3.63, 3.8) is 0 Å². The molecule has 1 aromatic carbocycles. The van der Waals surface area contributed by atoms with Gasteiger partial charge in [0.15, 0.2) is 0 Å². The van der Waals surface area contributed by atoms with Gasteiger partial charge in [0.2, 0.25) is 15.9 Å². The average molecular weight is 341 g/mol. The number of rotatable bonds is 4. The van der Waals surface area contributed by atoms with Gasteiger partial charge in [0.25, 0.3) is 0 Å². The maximum atomic E-state index is 12.4. The number of amides is 1. The van der Waals surface area contributed by atoms with E-state index in [9.17, 15) is 13.2 Å². The molecule has 0 aliphatic carbocycles. The molecule has 128 valence electrons. The van der Waals surface area contributed by atoms with Crippen molar-refractivity contribution in [3.8, 4) is 0 Å². The minimum atomic E-state index is -3.73. The Hall–Kier alpha value is -1.48. The molecule has 2 rings (SSSR count). The lowest BCUT2D eigenvalue weighted by Crippen LogP contribution is -2.52. The molecule has 3 N–H and O–H groups in total. The summed E-state index contributed by atoms with van der Waals surface area (Å²) in [4.78, 5) is 14.5. The fraction of sp³-hybridized carbons (Fsp3) is 0.533. The predicted octanol–water partition coefficient (Wildman–Crippen LogP) is 0.770. The second-order valence-electron chi connectivity index (χ2n) is 5.95. The molecule has 0 saturated carbocycles. The highest BCUT2D eigenvalue weighted by Gasteiger charge is 2.29. The van der Waals surface area contributed by atoms with Crippen LogP contribution >= 0.6 is 0 Å². The van der Waals surface area contributed by atoms with E-state index < -0.39 is 10.0 Å². The van der Waals surface area contributed by atoms with Crippen LogP contribution in [0.25, 0.3) is 0 Å². The maximum Gasteiger partial charge on any atom is 0.241 e. The molecule has 1 aromatic rings. The Labute approximate surface area is 136 Å². The highest BCUT2D eigenvalue weighted by Crippen LogP contribution is 2.16. The minimum absolute atomic E-state index is 0.0133. The lowest BCUT2D eigenvalue weighted by Gasteiger charge is -2.38. The Bertz CT molecular complexity index is 650. The first-order valence-corrected chi connectivity index (χ1v) is 9.04. The van der Waals surface area contributed by atoms with Gasteiger partial charge in [-0.25, -0.2) is 13.6 Å². The average Bonchev–Trinajstić information content (AvgIpc) is 2.45. The molecule has 1 aliphatic heterocycles. The second kappa shape index (κ2) is 6.96. The topological polar surface area (TPSA) is 102 Å². The number of carbonyl (C=O) groups excluding carboxylic acids is 1. The normalized spacial score (nSPS) is 24.2. The number of anilines is 1. The molecular weight excluding hydrogens is 318 g/mol. The third-order valence-corrected chi connectivity index (χ3v) is 4.75. The Balaban J connectivity index is 2.01. The van der Waals surface area contributed by atoms with Gasteiger partial charge in [0.05, 0.1) is 23.1 Å². The Morgan fingerprint density at radius 3 is 2.26 bits per heavy atom. The van der Waals surface area contributed by atoms with Gasteiger partial charge in [-0.15, -0.1) is 0 Å². The summed E-state index contributed by atoms with van der Waals surface area (Å²) in [7, 11) is -3.73. The summed E-state index contributed by atoms with van der Waals surface area (Å²) in [5.74, 6) is -0.144. The van der Waals surface area contributed by atoms with Crippen LogP contribution in [0.1, 0.15) is 20.8 Å². The maximum absolute atomic E-state index is 12.4. The van der Waals surface area contributed by atoms with Gasteiger partial charge in [0, 0.05) is 18.8 Å². The molecule has 8 heteroatoms. The number of carbonyl (C=O) groups is 1. The summed E-state index contributed by atoms with van der Waals surface area (Å²) in [5, 5.41) is 7.84. The van der Waals surface area contributed by atoms with Crippen LogP contribution in [0.5, 0.6) is 0 Å². The SMILES string of the molecule is CC1CN(C(C)C(=O)Nc2ccc(S(N)(=O)=O)cc2)CC(C)O1. The first-order chi connectivity index (χ1) is 10.7. The zero-order valence-electron chi connectivity index (χ0n) is 13.5. The largest absolute Gasteiger partial charge is 0.373 e. The summed E-state index contributed by atoms with van der Waals surface area (Å²) < 4.78 is 28.1. The number of primary sulfonamides is 1. The number of nitrogens with one attached hydrogen (secondary N) is 1. The molecule has 23 heavy (non-hydrogen) atoms. The van der Waals surface area contributed by atoms with Crippen LogP contribution in [0, 0.1) is 0 Å². The van der Waals surface area contributed by atoms with Gasteiger partial charge in [-0.3, -0.25) is 9.69 Å². The number of hydrogen-bond acceptors (Lipinski definition) is 5. The first-order valence-electron chi connectivity index (χ1n) is 7.50. The van der Waals surface area contributed by atoms with Crippen molar-refractivity contribution in [2.24, 2.45) is 5.14 Å². The van der Waals surface area contributed by atoms with Crippen molar-refractivity contribution >= 4 is 21.6 Å². The van der Waals surface area contributed by atoms with Crippen LogP contribution < -0.4 is 10.5 Å². The van der Waals surface area contributed by atoms with Crippen LogP contribution in [0.4, 0.5) is 5.69 Å². The second-order valence-corrected chi connectivity index (χ2v) is 7.51. The van der Waals surface area contributed by atoms with Crippen molar-refractivity contribution in [2.75, 3.05) is 18.4 Å². The van der Waals surface area contributed by atoms with E-state index in [1.54, 1.807) is 0 Å². The lowest BCUT2D eigenvalue weighted by molar-refractivity contribution is -0.126. The van der Waals surface area contributed by atoms with Gasteiger partial charge in [-0.05, 0) is 45.0 Å². The van der Waals surface area contributed by atoms with Crippen LogP contribution in [0.2, 0.25) is 0 Å². The fourth-order valence-electron chi connectivity index (χ4n) is 2.67. The van der Waals surface area contributed by atoms with Gasteiger partial charge >= 0.3 is 0 Å². The van der Waals surface area contributed by atoms with Crippen LogP contribution in [-0.4, -0.2) is 50.6 Å². The molecule has 0 bridgehead atoms. The fourth-order valence-corrected chi connectivity index (χ4v) is 3.19. The Kier molecular flexibility index (Phi) is 5.41. The van der Waals surface area contributed by atoms with E-state index in [4.69, 9.17) is 9.88 Å². The lowest BCUT2D eigenvalue weighted by atomic mass is 10.1. The first kappa shape index (κ1) is 17.9. The molecule has 0 radical (unpaired) electrons. The summed E-state index contributed by atoms with van der Waals surface area (Å²) in [5.41, 5.74) is 0.531. The summed E-state index contributed by atoms with van der Waals surface area (Å²) >= 11 is 0. The molecule has 1 saturated heterocycles. The van der Waals surface area contributed by atoms with E-state index in [0.717, 1.165) is 0 Å². The third kappa shape index (κ3) is 4.74. The molecule has 7 nitrogen and oxygen atoms in total. The molecule has 0 aromatic heterocycles. The van der Waals surface area contributed by atoms with Gasteiger partial charge in [0.1, 0.15) is 0 Å². The van der Waals surface area contributed by atoms with Crippen molar-refractivity contribution in [2.45, 2.75) is 43.9 Å². The molecule has 1 aliphatic rings. The number of hydrogen-bond donors (Lipinski definition) is 2. The predicted molar refractivity (Wildman–Crippen MR) is 87.5 cm³/mol. The Morgan fingerprint density at radius 1 is 1.26 bits per heavy atom. The van der Waals surface area contributed by atoms with Crippen LogP contribution in [0.3, 0.4) is 0 Å². The van der Waals surface area contributed by atoms with E-state index in [1.807, 2.05) is 20.8 Å². The van der Waals surface area contributed by atoms with E-state index in [-0.39, 0.29) is 29.1 Å². The number of benzene rings is 1. The van der Waals surface area contributed by atoms with E-state index in [2.05, 4.69) is 10.2 Å². The van der Waals surface area contributed by atoms with Crippen molar-refractivity contribution in [3.05, 3.63) is 24.3 Å². The van der Waals surface area contributed by atoms with Gasteiger partial charge in [-0.1, -0.05) is 0 Å². The number of sulfonamides is 1. The highest BCUT2D eigenvalue weighted by molar-refractivity contribution is 7.89. The minimum Gasteiger partial charge on any atom is -0.373 e. The monoisotopic (exact) mass is 341 g/mol. The van der Waals surface area contributed by atoms with Crippen LogP contribution in [0.15, 0.2) is 29.2 Å². The zero-order chi connectivity index (χ0) is 17.2. The highest BCUT2D eigenvalue weighted by atomic mass is 32.2. The van der Waals surface area contributed by atoms with Crippen molar-refractivity contribution in [1.82, 2.24) is 4.90 Å². The Morgan fingerprint density at radius 2 is 1.78 bits per heavy atom. The standard InChI is InChI=1S/C15H23N3O4S/c1-10-8-18(9-11(2)22-10)12(3)15(19)17-13-4-6-14(7-5-13)23(16,20)21/h4-7,10-12H,8-9H2,1-3H3,(H,17,19)(H2,16,20,21). The molecular formula is C15H23N3O4S. The number of ether oxygens (including phenoxy) is 1. The van der Waals surface area contributed by atoms with E-state index in [0.29, 0.717) is 18.8 Å². The smallest absolute Gasteiger partial charge is 0.241 e. The number of nitrogens with zero attached hydrogens (tertiary/aromatic N) is 1. The quantitative estimate of drug-likeness (QED) is 0.842. The summed E-state index contributed by atoms with van der Waals surface area (Å²) in [6.45, 7) is 7.21. The molecule has 0 spiro atoms. The van der Waals surface area contributed by atoms with Crippen molar-refractivity contribution in [1.29, 1.82) is 0 Å². The van der Waals surface area contributed by atoms with E-state index in [1.165, 1.54) is 24.3 Å². The molecule has 1 heterocycles. The molecule has 1 amide bonds.